The van der Waals surface area contributed by atoms with E-state index in [0.29, 0.717) is 18.0 Å². The molecule has 19 heavy (non-hydrogen) atoms. The summed E-state index contributed by atoms with van der Waals surface area (Å²) < 4.78 is 24.2. The first kappa shape index (κ1) is 11.8. The molecule has 1 unspecified atom stereocenters. The average Bonchev–Trinajstić information content (AvgIpc) is 2.46. The van der Waals surface area contributed by atoms with E-state index in [0.717, 1.165) is 11.3 Å². The van der Waals surface area contributed by atoms with Crippen LogP contribution in [0.15, 0.2) is 42.5 Å². The van der Waals surface area contributed by atoms with Gasteiger partial charge in [-0.15, -0.1) is 0 Å². The predicted octanol–water partition coefficient (Wildman–Crippen LogP) is 3.38. The lowest BCUT2D eigenvalue weighted by Gasteiger charge is -2.27. The monoisotopic (exact) mass is 259 g/mol. The van der Waals surface area contributed by atoms with Crippen molar-refractivity contribution < 1.29 is 13.9 Å². The number of hydrogen-bond donors (Lipinski definition) is 1. The number of rotatable bonds is 2. The van der Waals surface area contributed by atoms with Crippen LogP contribution in [0.4, 0.5) is 10.1 Å². The molecule has 3 rings (SSSR count). The summed E-state index contributed by atoms with van der Waals surface area (Å²) >= 11 is 0. The van der Waals surface area contributed by atoms with E-state index in [4.69, 9.17) is 9.47 Å². The van der Waals surface area contributed by atoms with Crippen LogP contribution in [-0.4, -0.2) is 13.7 Å². The molecular formula is C15H14FNO2. The van der Waals surface area contributed by atoms with Crippen LogP contribution in [0, 0.1) is 5.82 Å². The molecule has 2 aromatic rings. The van der Waals surface area contributed by atoms with Crippen molar-refractivity contribution >= 4 is 5.69 Å². The molecule has 0 fully saturated rings. The molecule has 4 heteroatoms. The second kappa shape index (κ2) is 4.80. The lowest BCUT2D eigenvalue weighted by molar-refractivity contribution is 0.209. The number of hydrogen-bond acceptors (Lipinski definition) is 3. The highest BCUT2D eigenvalue weighted by molar-refractivity contribution is 5.58. The Labute approximate surface area is 111 Å². The standard InChI is InChI=1S/C15H14FNO2/c1-18-12-4-2-3-10(7-12)15-9-17-13-8-11(16)5-6-14(13)19-15/h2-8,15,17H,9H2,1H3. The third-order valence-electron chi connectivity index (χ3n) is 3.15. The van der Waals surface area contributed by atoms with Gasteiger partial charge in [0.05, 0.1) is 19.3 Å². The van der Waals surface area contributed by atoms with Crippen molar-refractivity contribution in [2.75, 3.05) is 19.0 Å². The topological polar surface area (TPSA) is 30.5 Å². The first-order valence-electron chi connectivity index (χ1n) is 6.10. The molecule has 3 nitrogen and oxygen atoms in total. The van der Waals surface area contributed by atoms with Gasteiger partial charge in [-0.3, -0.25) is 0 Å². The zero-order valence-corrected chi connectivity index (χ0v) is 10.5. The zero-order valence-electron chi connectivity index (χ0n) is 10.5. The summed E-state index contributed by atoms with van der Waals surface area (Å²) in [5.41, 5.74) is 1.72. The van der Waals surface area contributed by atoms with Gasteiger partial charge in [0.15, 0.2) is 0 Å². The van der Waals surface area contributed by atoms with Crippen molar-refractivity contribution in [2.45, 2.75) is 6.10 Å². The summed E-state index contributed by atoms with van der Waals surface area (Å²) in [4.78, 5) is 0. The normalized spacial score (nSPS) is 17.1. The molecule has 1 aliphatic rings. The third kappa shape index (κ3) is 2.34. The van der Waals surface area contributed by atoms with Crippen LogP contribution in [0.5, 0.6) is 11.5 Å². The molecule has 0 aromatic heterocycles. The lowest BCUT2D eigenvalue weighted by atomic mass is 10.1. The van der Waals surface area contributed by atoms with E-state index in [2.05, 4.69) is 5.32 Å². The zero-order chi connectivity index (χ0) is 13.2. The van der Waals surface area contributed by atoms with Crippen LogP contribution in [0.1, 0.15) is 11.7 Å². The Morgan fingerprint density at radius 3 is 3.00 bits per heavy atom. The SMILES string of the molecule is COc1cccc(C2CNc3cc(F)ccc3O2)c1. The number of ether oxygens (including phenoxy) is 2. The van der Waals surface area contributed by atoms with Gasteiger partial charge < -0.3 is 14.8 Å². The van der Waals surface area contributed by atoms with Gasteiger partial charge in [-0.2, -0.15) is 0 Å². The maximum absolute atomic E-state index is 13.1. The summed E-state index contributed by atoms with van der Waals surface area (Å²) in [6.45, 7) is 0.601. The summed E-state index contributed by atoms with van der Waals surface area (Å²) in [6, 6.07) is 12.2. The molecule has 0 bridgehead atoms. The second-order valence-corrected chi connectivity index (χ2v) is 4.40. The maximum Gasteiger partial charge on any atom is 0.143 e. The van der Waals surface area contributed by atoms with Gasteiger partial charge in [0.2, 0.25) is 0 Å². The quantitative estimate of drug-likeness (QED) is 0.896. The Morgan fingerprint density at radius 1 is 1.26 bits per heavy atom. The second-order valence-electron chi connectivity index (χ2n) is 4.40. The molecular weight excluding hydrogens is 245 g/mol. The van der Waals surface area contributed by atoms with Crippen LogP contribution in [0.3, 0.4) is 0 Å². The summed E-state index contributed by atoms with van der Waals surface area (Å²) in [5, 5.41) is 3.18. The van der Waals surface area contributed by atoms with Gasteiger partial charge in [-0.1, -0.05) is 12.1 Å². The number of nitrogens with one attached hydrogen (secondary N) is 1. The fraction of sp³-hybridized carbons (Fsp3) is 0.200. The molecule has 0 saturated carbocycles. The highest BCUT2D eigenvalue weighted by Crippen LogP contribution is 2.35. The Balaban J connectivity index is 1.86. The Bertz CT molecular complexity index is 600. The number of benzene rings is 2. The smallest absolute Gasteiger partial charge is 0.143 e. The number of fused-ring (bicyclic) bond motifs is 1. The molecule has 0 aliphatic carbocycles. The summed E-state index contributed by atoms with van der Waals surface area (Å²) in [7, 11) is 1.64. The van der Waals surface area contributed by atoms with E-state index >= 15 is 0 Å². The van der Waals surface area contributed by atoms with Crippen LogP contribution in [-0.2, 0) is 0 Å². The van der Waals surface area contributed by atoms with E-state index in [1.807, 2.05) is 24.3 Å². The van der Waals surface area contributed by atoms with Gasteiger partial charge in [-0.05, 0) is 29.8 Å². The van der Waals surface area contributed by atoms with E-state index < -0.39 is 0 Å². The average molecular weight is 259 g/mol. The third-order valence-corrected chi connectivity index (χ3v) is 3.15. The minimum absolute atomic E-state index is 0.104. The van der Waals surface area contributed by atoms with Crippen LogP contribution < -0.4 is 14.8 Å². The maximum atomic E-state index is 13.1. The van der Waals surface area contributed by atoms with Crippen LogP contribution in [0.25, 0.3) is 0 Å². The van der Waals surface area contributed by atoms with Gasteiger partial charge >= 0.3 is 0 Å². The van der Waals surface area contributed by atoms with Crippen molar-refractivity contribution in [3.8, 4) is 11.5 Å². The minimum atomic E-state index is -0.269. The van der Waals surface area contributed by atoms with Crippen molar-refractivity contribution in [1.82, 2.24) is 0 Å². The van der Waals surface area contributed by atoms with Crippen molar-refractivity contribution in [2.24, 2.45) is 0 Å². The molecule has 0 radical (unpaired) electrons. The van der Waals surface area contributed by atoms with Crippen LogP contribution >= 0.6 is 0 Å². The molecule has 1 heterocycles. The number of anilines is 1. The molecule has 98 valence electrons. The fourth-order valence-corrected chi connectivity index (χ4v) is 2.17. The highest BCUT2D eigenvalue weighted by atomic mass is 19.1. The largest absolute Gasteiger partial charge is 0.497 e. The van der Waals surface area contributed by atoms with E-state index in [1.165, 1.54) is 12.1 Å². The lowest BCUT2D eigenvalue weighted by Crippen LogP contribution is -2.23. The summed E-state index contributed by atoms with van der Waals surface area (Å²) in [5.74, 6) is 1.20. The molecule has 0 spiro atoms. The highest BCUT2D eigenvalue weighted by Gasteiger charge is 2.21. The molecule has 0 amide bonds. The van der Waals surface area contributed by atoms with Crippen molar-refractivity contribution in [1.29, 1.82) is 0 Å². The van der Waals surface area contributed by atoms with Gasteiger partial charge in [0, 0.05) is 6.07 Å². The van der Waals surface area contributed by atoms with Crippen molar-refractivity contribution in [3.05, 3.63) is 53.8 Å². The number of halogens is 1. The first-order chi connectivity index (χ1) is 9.26. The molecule has 0 saturated heterocycles. The fourth-order valence-electron chi connectivity index (χ4n) is 2.17. The van der Waals surface area contributed by atoms with E-state index in [1.54, 1.807) is 13.2 Å². The number of methoxy groups -OCH3 is 1. The Kier molecular flexibility index (Phi) is 2.99. The van der Waals surface area contributed by atoms with E-state index in [-0.39, 0.29) is 11.9 Å². The first-order valence-corrected chi connectivity index (χ1v) is 6.10. The van der Waals surface area contributed by atoms with Gasteiger partial charge in [0.1, 0.15) is 23.4 Å². The van der Waals surface area contributed by atoms with Gasteiger partial charge in [-0.25, -0.2) is 4.39 Å². The predicted molar refractivity (Wildman–Crippen MR) is 71.3 cm³/mol. The molecule has 1 aliphatic heterocycles. The van der Waals surface area contributed by atoms with E-state index in [9.17, 15) is 4.39 Å². The minimum Gasteiger partial charge on any atom is -0.497 e. The Morgan fingerprint density at radius 2 is 2.16 bits per heavy atom. The van der Waals surface area contributed by atoms with Crippen molar-refractivity contribution in [3.63, 3.8) is 0 Å². The molecule has 1 N–H and O–H groups in total. The Hall–Kier alpha value is -2.23. The molecule has 1 atom stereocenters. The van der Waals surface area contributed by atoms with Crippen LogP contribution in [0.2, 0.25) is 0 Å². The summed E-state index contributed by atoms with van der Waals surface area (Å²) in [6.07, 6.45) is -0.104. The molecule has 2 aromatic carbocycles. The van der Waals surface area contributed by atoms with Gasteiger partial charge in [0.25, 0.3) is 0 Å².